The normalized spacial score (nSPS) is 11.4. The van der Waals surface area contributed by atoms with Crippen LogP contribution in [-0.2, 0) is 13.1 Å². The maximum Gasteiger partial charge on any atom is 0.181 e. The molecule has 8 heteroatoms. The molecule has 0 aliphatic rings. The molecule has 0 aliphatic carbocycles. The van der Waals surface area contributed by atoms with E-state index in [0.29, 0.717) is 5.65 Å². The van der Waals surface area contributed by atoms with Crippen LogP contribution in [0.15, 0.2) is 104 Å². The number of hydrogen-bond acceptors (Lipinski definition) is 6. The molecule has 0 bridgehead atoms. The number of fused-ring (bicyclic) bond motifs is 2. The van der Waals surface area contributed by atoms with Crippen LogP contribution >= 0.6 is 0 Å². The van der Waals surface area contributed by atoms with Crippen molar-refractivity contribution in [3.63, 3.8) is 0 Å². The second kappa shape index (κ2) is 9.92. The lowest BCUT2D eigenvalue weighted by Gasteiger charge is -2.07. The van der Waals surface area contributed by atoms with E-state index in [1.807, 2.05) is 48.9 Å². The predicted octanol–water partition coefficient (Wildman–Crippen LogP) is 5.92. The fourth-order valence-corrected chi connectivity index (χ4v) is 4.85. The minimum absolute atomic E-state index is 0.657. The number of rotatable bonds is 7. The third kappa shape index (κ3) is 4.54. The number of aromatic amines is 2. The highest BCUT2D eigenvalue weighted by Gasteiger charge is 2.15. The first-order valence-corrected chi connectivity index (χ1v) is 12.7. The molecule has 39 heavy (non-hydrogen) atoms. The zero-order chi connectivity index (χ0) is 26.0. The summed E-state index contributed by atoms with van der Waals surface area (Å²) in [6, 6.07) is 24.5. The summed E-state index contributed by atoms with van der Waals surface area (Å²) in [5.74, 6) is 0. The van der Waals surface area contributed by atoms with Crippen molar-refractivity contribution in [2.24, 2.45) is 0 Å². The molecule has 7 rings (SSSR count). The van der Waals surface area contributed by atoms with Gasteiger partial charge in [0.1, 0.15) is 0 Å². The monoisotopic (exact) mass is 508 g/mol. The van der Waals surface area contributed by atoms with Crippen LogP contribution < -0.4 is 5.32 Å². The molecule has 0 unspecified atom stereocenters. The second-order valence-electron chi connectivity index (χ2n) is 9.38. The van der Waals surface area contributed by atoms with Gasteiger partial charge in [0.05, 0.1) is 22.8 Å². The van der Waals surface area contributed by atoms with Crippen molar-refractivity contribution >= 4 is 21.9 Å². The first kappa shape index (κ1) is 22.9. The van der Waals surface area contributed by atoms with Crippen molar-refractivity contribution in [3.8, 4) is 33.9 Å². The first-order valence-electron chi connectivity index (χ1n) is 12.7. The van der Waals surface area contributed by atoms with Gasteiger partial charge in [0.15, 0.2) is 5.65 Å². The molecule has 0 aliphatic heterocycles. The molecule has 7 aromatic rings. The predicted molar refractivity (Wildman–Crippen MR) is 152 cm³/mol. The number of hydrogen-bond donors (Lipinski definition) is 3. The Balaban J connectivity index is 1.20. The molecule has 6 heterocycles. The van der Waals surface area contributed by atoms with E-state index in [1.165, 1.54) is 5.56 Å². The lowest BCUT2D eigenvalue weighted by molar-refractivity contribution is 0.691. The summed E-state index contributed by atoms with van der Waals surface area (Å²) in [6.45, 7) is 1.53. The van der Waals surface area contributed by atoms with Gasteiger partial charge in [0.25, 0.3) is 0 Å². The molecule has 0 amide bonds. The quantitative estimate of drug-likeness (QED) is 0.247. The molecule has 0 saturated carbocycles. The Labute approximate surface area is 224 Å². The molecule has 188 valence electrons. The van der Waals surface area contributed by atoms with Crippen molar-refractivity contribution in [2.45, 2.75) is 13.1 Å². The van der Waals surface area contributed by atoms with Crippen molar-refractivity contribution in [1.29, 1.82) is 0 Å². The van der Waals surface area contributed by atoms with Crippen LogP contribution in [0.1, 0.15) is 11.1 Å². The fraction of sp³-hybridized carbons (Fsp3) is 0.0645. The molecule has 0 atom stereocenters. The van der Waals surface area contributed by atoms with Gasteiger partial charge < -0.3 is 10.3 Å². The molecule has 0 fully saturated rings. The van der Waals surface area contributed by atoms with Crippen LogP contribution in [0.4, 0.5) is 0 Å². The highest BCUT2D eigenvalue weighted by Crippen LogP contribution is 2.33. The van der Waals surface area contributed by atoms with Crippen molar-refractivity contribution in [2.75, 3.05) is 0 Å². The summed E-state index contributed by atoms with van der Waals surface area (Å²) < 4.78 is 0. The van der Waals surface area contributed by atoms with Gasteiger partial charge >= 0.3 is 0 Å². The number of nitrogens with zero attached hydrogens (tertiary/aromatic N) is 5. The Kier molecular flexibility index (Phi) is 5.84. The van der Waals surface area contributed by atoms with Gasteiger partial charge in [0, 0.05) is 71.5 Å². The van der Waals surface area contributed by atoms with Crippen LogP contribution in [0.3, 0.4) is 0 Å². The Morgan fingerprint density at radius 1 is 0.692 bits per heavy atom. The van der Waals surface area contributed by atoms with E-state index in [0.717, 1.165) is 68.8 Å². The summed E-state index contributed by atoms with van der Waals surface area (Å²) in [5, 5.41) is 13.1. The number of pyridine rings is 4. The third-order valence-electron chi connectivity index (χ3n) is 6.76. The molecule has 0 radical (unpaired) electrons. The molecule has 0 saturated heterocycles. The van der Waals surface area contributed by atoms with Gasteiger partial charge in [-0.15, -0.1) is 0 Å². The van der Waals surface area contributed by atoms with Crippen molar-refractivity contribution in [3.05, 3.63) is 115 Å². The van der Waals surface area contributed by atoms with E-state index in [-0.39, 0.29) is 0 Å². The van der Waals surface area contributed by atoms with Crippen LogP contribution in [-0.4, -0.2) is 35.1 Å². The molecule has 3 N–H and O–H groups in total. The molecule has 8 nitrogen and oxygen atoms in total. The number of benzene rings is 1. The Morgan fingerprint density at radius 3 is 2.46 bits per heavy atom. The average molecular weight is 509 g/mol. The Hall–Kier alpha value is -5.21. The van der Waals surface area contributed by atoms with Crippen LogP contribution in [0.25, 0.3) is 55.8 Å². The smallest absolute Gasteiger partial charge is 0.181 e. The summed E-state index contributed by atoms with van der Waals surface area (Å²) in [5.41, 5.74) is 9.44. The van der Waals surface area contributed by atoms with E-state index >= 15 is 0 Å². The lowest BCUT2D eigenvalue weighted by Crippen LogP contribution is -2.12. The van der Waals surface area contributed by atoms with Gasteiger partial charge in [-0.1, -0.05) is 36.4 Å². The minimum Gasteiger partial charge on any atom is -0.353 e. The molecular formula is C31H24N8. The maximum absolute atomic E-state index is 4.63. The summed E-state index contributed by atoms with van der Waals surface area (Å²) in [7, 11) is 0. The SMILES string of the molecule is c1ccc(CNCc2cncc(-c3cnc4n[nH]c(-c5cc6c(-c7ccccn7)nccc6[nH]5)c4c3)c2)cc1. The van der Waals surface area contributed by atoms with Crippen molar-refractivity contribution in [1.82, 2.24) is 40.4 Å². The van der Waals surface area contributed by atoms with Crippen LogP contribution in [0.2, 0.25) is 0 Å². The van der Waals surface area contributed by atoms with Crippen LogP contribution in [0, 0.1) is 0 Å². The fourth-order valence-electron chi connectivity index (χ4n) is 4.85. The highest BCUT2D eigenvalue weighted by atomic mass is 15.2. The van der Waals surface area contributed by atoms with E-state index in [9.17, 15) is 0 Å². The molecule has 1 aromatic carbocycles. The van der Waals surface area contributed by atoms with E-state index in [4.69, 9.17) is 0 Å². The van der Waals surface area contributed by atoms with Crippen molar-refractivity contribution < 1.29 is 0 Å². The molecular weight excluding hydrogens is 484 g/mol. The average Bonchev–Trinajstić information content (AvgIpc) is 3.62. The molecule has 0 spiro atoms. The second-order valence-corrected chi connectivity index (χ2v) is 9.38. The van der Waals surface area contributed by atoms with Crippen LogP contribution in [0.5, 0.6) is 0 Å². The lowest BCUT2D eigenvalue weighted by atomic mass is 10.1. The first-order chi connectivity index (χ1) is 19.3. The zero-order valence-electron chi connectivity index (χ0n) is 21.0. The topological polar surface area (TPSA) is 108 Å². The zero-order valence-corrected chi connectivity index (χ0v) is 21.0. The number of aromatic nitrogens is 7. The summed E-state index contributed by atoms with van der Waals surface area (Å²) in [6.07, 6.45) is 9.19. The number of H-pyrrole nitrogens is 2. The van der Waals surface area contributed by atoms with E-state index < -0.39 is 0 Å². The largest absolute Gasteiger partial charge is 0.353 e. The van der Waals surface area contributed by atoms with Gasteiger partial charge in [-0.05, 0) is 47.5 Å². The summed E-state index contributed by atoms with van der Waals surface area (Å²) >= 11 is 0. The third-order valence-corrected chi connectivity index (χ3v) is 6.76. The van der Waals surface area contributed by atoms with E-state index in [1.54, 1.807) is 12.4 Å². The van der Waals surface area contributed by atoms with E-state index in [2.05, 4.69) is 82.9 Å². The number of nitrogens with one attached hydrogen (secondary N) is 3. The maximum atomic E-state index is 4.63. The Morgan fingerprint density at radius 2 is 1.56 bits per heavy atom. The minimum atomic E-state index is 0.657. The molecule has 6 aromatic heterocycles. The summed E-state index contributed by atoms with van der Waals surface area (Å²) in [4.78, 5) is 21.7. The standard InChI is InChI=1S/C31H24N8/c1-2-6-20(7-3-1)15-32-16-21-12-22(18-33-17-21)23-13-25-30(38-39-31(25)36-19-23)28-14-24-26(37-28)9-11-35-29(24)27-8-4-5-10-34-27/h1-14,17-19,32,37H,15-16H2,(H,36,38,39). The van der Waals surface area contributed by atoms with Gasteiger partial charge in [-0.25, -0.2) is 4.98 Å². The van der Waals surface area contributed by atoms with Gasteiger partial charge in [-0.2, -0.15) is 5.10 Å². The van der Waals surface area contributed by atoms with Gasteiger partial charge in [0.2, 0.25) is 0 Å². The highest BCUT2D eigenvalue weighted by molar-refractivity contribution is 5.99. The Bertz CT molecular complexity index is 1890. The van der Waals surface area contributed by atoms with Gasteiger partial charge in [-0.3, -0.25) is 20.1 Å².